The average molecular weight is 334 g/mol. The molecule has 0 saturated carbocycles. The predicted octanol–water partition coefficient (Wildman–Crippen LogP) is 2.03. The summed E-state index contributed by atoms with van der Waals surface area (Å²) in [7, 11) is 1.57. The largest absolute Gasteiger partial charge is 0.341 e. The molecule has 0 heterocycles. The summed E-state index contributed by atoms with van der Waals surface area (Å²) in [6.45, 7) is 5.86. The molecule has 0 aromatic heterocycles. The average Bonchev–Trinajstić information content (AvgIpc) is 2.60. The maximum absolute atomic E-state index is 11.5. The molecular formula is C18H30N4O2. The van der Waals surface area contributed by atoms with E-state index in [4.69, 9.17) is 0 Å². The molecule has 6 nitrogen and oxygen atoms in total. The highest BCUT2D eigenvalue weighted by Crippen LogP contribution is 2.18. The standard InChI is InChI=1S/C18H30N4O2/c1-18(2,16-10-6-4-7-11-16)21-20-12-8-5-9-13-22(14-15-23)17(24)19-3/h4,6-7,10-11,15,20-21H,5,8-9,12-14H2,1-3H3,(H,19,24). The SMILES string of the molecule is CNC(=O)N(CC=O)CCCCCNNC(C)(C)c1ccccc1. The third kappa shape index (κ3) is 7.10. The van der Waals surface area contributed by atoms with Crippen molar-refractivity contribution in [3.8, 4) is 0 Å². The van der Waals surface area contributed by atoms with E-state index >= 15 is 0 Å². The number of amides is 2. The van der Waals surface area contributed by atoms with E-state index in [2.05, 4.69) is 42.1 Å². The molecule has 1 aromatic rings. The van der Waals surface area contributed by atoms with Gasteiger partial charge in [0.2, 0.25) is 0 Å². The number of urea groups is 1. The van der Waals surface area contributed by atoms with E-state index in [1.807, 2.05) is 18.2 Å². The maximum Gasteiger partial charge on any atom is 0.317 e. The van der Waals surface area contributed by atoms with Crippen LogP contribution in [0.25, 0.3) is 0 Å². The summed E-state index contributed by atoms with van der Waals surface area (Å²) < 4.78 is 0. The number of rotatable bonds is 11. The zero-order chi connectivity index (χ0) is 17.8. The molecule has 6 heteroatoms. The summed E-state index contributed by atoms with van der Waals surface area (Å²) in [5.41, 5.74) is 7.72. The van der Waals surface area contributed by atoms with Gasteiger partial charge in [0, 0.05) is 20.1 Å². The van der Waals surface area contributed by atoms with Crippen molar-refractivity contribution in [1.29, 1.82) is 0 Å². The molecule has 0 saturated heterocycles. The summed E-state index contributed by atoms with van der Waals surface area (Å²) in [6, 6.07) is 10.1. The molecule has 134 valence electrons. The molecule has 0 aliphatic heterocycles. The Kier molecular flexibility index (Phi) is 9.04. The van der Waals surface area contributed by atoms with Gasteiger partial charge < -0.3 is 15.0 Å². The highest BCUT2D eigenvalue weighted by Gasteiger charge is 2.18. The van der Waals surface area contributed by atoms with Gasteiger partial charge in [-0.1, -0.05) is 36.8 Å². The summed E-state index contributed by atoms with van der Waals surface area (Å²) >= 11 is 0. The van der Waals surface area contributed by atoms with E-state index < -0.39 is 0 Å². The first-order chi connectivity index (χ1) is 11.5. The fourth-order valence-corrected chi connectivity index (χ4v) is 2.43. The fourth-order valence-electron chi connectivity index (χ4n) is 2.43. The minimum absolute atomic E-state index is 0.138. The van der Waals surface area contributed by atoms with Gasteiger partial charge in [-0.25, -0.2) is 10.2 Å². The third-order valence-corrected chi connectivity index (χ3v) is 3.92. The van der Waals surface area contributed by atoms with Crippen molar-refractivity contribution in [2.24, 2.45) is 0 Å². The molecule has 0 bridgehead atoms. The molecular weight excluding hydrogens is 304 g/mol. The number of hydrazine groups is 1. The van der Waals surface area contributed by atoms with Gasteiger partial charge in [0.1, 0.15) is 6.29 Å². The van der Waals surface area contributed by atoms with Crippen LogP contribution in [-0.4, -0.2) is 43.9 Å². The Morgan fingerprint density at radius 1 is 1.17 bits per heavy atom. The van der Waals surface area contributed by atoms with Crippen LogP contribution in [0.2, 0.25) is 0 Å². The van der Waals surface area contributed by atoms with Crippen molar-refractivity contribution in [3.63, 3.8) is 0 Å². The van der Waals surface area contributed by atoms with Crippen LogP contribution < -0.4 is 16.2 Å². The first-order valence-electron chi connectivity index (χ1n) is 8.47. The molecule has 1 rings (SSSR count). The zero-order valence-electron chi connectivity index (χ0n) is 15.0. The van der Waals surface area contributed by atoms with Gasteiger partial charge in [-0.2, -0.15) is 0 Å². The highest BCUT2D eigenvalue weighted by molar-refractivity contribution is 5.76. The molecule has 0 spiro atoms. The van der Waals surface area contributed by atoms with E-state index in [9.17, 15) is 9.59 Å². The quantitative estimate of drug-likeness (QED) is 0.329. The van der Waals surface area contributed by atoms with Crippen LogP contribution in [0.3, 0.4) is 0 Å². The van der Waals surface area contributed by atoms with Gasteiger partial charge in [-0.15, -0.1) is 0 Å². The molecule has 0 aliphatic rings. The maximum atomic E-state index is 11.5. The Hall–Kier alpha value is -1.92. The molecule has 0 fully saturated rings. The normalized spacial score (nSPS) is 11.1. The number of nitrogens with one attached hydrogen (secondary N) is 3. The number of hydrogen-bond donors (Lipinski definition) is 3. The Balaban J connectivity index is 2.18. The monoisotopic (exact) mass is 334 g/mol. The van der Waals surface area contributed by atoms with Crippen molar-refractivity contribution in [2.45, 2.75) is 38.6 Å². The Morgan fingerprint density at radius 2 is 1.88 bits per heavy atom. The van der Waals surface area contributed by atoms with Gasteiger partial charge in [0.15, 0.2) is 0 Å². The fraction of sp³-hybridized carbons (Fsp3) is 0.556. The van der Waals surface area contributed by atoms with Crippen molar-refractivity contribution < 1.29 is 9.59 Å². The summed E-state index contributed by atoms with van der Waals surface area (Å²) in [5, 5.41) is 2.55. The second kappa shape index (κ2) is 10.8. The summed E-state index contributed by atoms with van der Waals surface area (Å²) in [6.07, 6.45) is 3.63. The van der Waals surface area contributed by atoms with Crippen LogP contribution in [0.4, 0.5) is 4.79 Å². The Morgan fingerprint density at radius 3 is 2.50 bits per heavy atom. The third-order valence-electron chi connectivity index (χ3n) is 3.92. The lowest BCUT2D eigenvalue weighted by molar-refractivity contribution is -0.108. The van der Waals surface area contributed by atoms with Crippen LogP contribution in [-0.2, 0) is 10.3 Å². The first-order valence-corrected chi connectivity index (χ1v) is 8.47. The minimum atomic E-state index is -0.202. The number of aldehydes is 1. The van der Waals surface area contributed by atoms with E-state index in [0.29, 0.717) is 6.54 Å². The number of carbonyl (C=O) groups is 2. The van der Waals surface area contributed by atoms with E-state index in [0.717, 1.165) is 32.1 Å². The van der Waals surface area contributed by atoms with Gasteiger partial charge in [0.25, 0.3) is 0 Å². The molecule has 0 radical (unpaired) electrons. The minimum Gasteiger partial charge on any atom is -0.341 e. The van der Waals surface area contributed by atoms with Crippen molar-refractivity contribution in [2.75, 3.05) is 26.7 Å². The molecule has 1 aromatic carbocycles. The summed E-state index contributed by atoms with van der Waals surface area (Å²) in [5.74, 6) is 0. The lowest BCUT2D eigenvalue weighted by Crippen LogP contribution is -2.46. The second-order valence-corrected chi connectivity index (χ2v) is 6.27. The highest BCUT2D eigenvalue weighted by atomic mass is 16.2. The molecule has 2 amide bonds. The predicted molar refractivity (Wildman–Crippen MR) is 96.6 cm³/mol. The topological polar surface area (TPSA) is 73.5 Å². The molecule has 0 aliphatic carbocycles. The van der Waals surface area contributed by atoms with E-state index in [1.54, 1.807) is 7.05 Å². The lowest BCUT2D eigenvalue weighted by atomic mass is 9.95. The van der Waals surface area contributed by atoms with Crippen LogP contribution in [0.1, 0.15) is 38.7 Å². The smallest absolute Gasteiger partial charge is 0.317 e. The Labute approximate surface area is 145 Å². The lowest BCUT2D eigenvalue weighted by Gasteiger charge is -2.27. The van der Waals surface area contributed by atoms with Crippen LogP contribution >= 0.6 is 0 Å². The zero-order valence-corrected chi connectivity index (χ0v) is 15.0. The molecule has 0 atom stereocenters. The second-order valence-electron chi connectivity index (χ2n) is 6.27. The molecule has 24 heavy (non-hydrogen) atoms. The van der Waals surface area contributed by atoms with Crippen LogP contribution in [0.5, 0.6) is 0 Å². The van der Waals surface area contributed by atoms with Gasteiger partial charge in [-0.05, 0) is 32.3 Å². The van der Waals surface area contributed by atoms with E-state index in [-0.39, 0.29) is 18.1 Å². The van der Waals surface area contributed by atoms with Gasteiger partial charge in [0.05, 0.1) is 12.1 Å². The number of nitrogens with zero attached hydrogens (tertiary/aromatic N) is 1. The molecule has 0 unspecified atom stereocenters. The number of unbranched alkanes of at least 4 members (excludes halogenated alkanes) is 2. The first kappa shape index (κ1) is 20.1. The van der Waals surface area contributed by atoms with Gasteiger partial charge >= 0.3 is 6.03 Å². The van der Waals surface area contributed by atoms with Crippen molar-refractivity contribution in [3.05, 3.63) is 35.9 Å². The number of carbonyl (C=O) groups excluding carboxylic acids is 2. The summed E-state index contributed by atoms with van der Waals surface area (Å²) in [4.78, 5) is 23.7. The number of hydrogen-bond acceptors (Lipinski definition) is 4. The number of benzene rings is 1. The molecule has 3 N–H and O–H groups in total. The Bertz CT molecular complexity index is 491. The van der Waals surface area contributed by atoms with Crippen molar-refractivity contribution in [1.82, 2.24) is 21.1 Å². The van der Waals surface area contributed by atoms with Gasteiger partial charge in [-0.3, -0.25) is 5.43 Å². The van der Waals surface area contributed by atoms with Crippen molar-refractivity contribution >= 4 is 12.3 Å². The van der Waals surface area contributed by atoms with E-state index in [1.165, 1.54) is 10.5 Å². The van der Waals surface area contributed by atoms with Crippen LogP contribution in [0, 0.1) is 0 Å². The van der Waals surface area contributed by atoms with Crippen LogP contribution in [0.15, 0.2) is 30.3 Å².